The van der Waals surface area contributed by atoms with Gasteiger partial charge in [0.25, 0.3) is 0 Å². The van der Waals surface area contributed by atoms with Gasteiger partial charge in [0, 0.05) is 63.3 Å². The third-order valence-corrected chi connectivity index (χ3v) is 10.6. The lowest BCUT2D eigenvalue weighted by molar-refractivity contribution is -0.152. The SMILES string of the molecule is Cc1ccccc1NC(=O)NCCCC[C@@H](C(=O)N(C)[C@@H](CC(=O)O)C(=O)N[C@@H](Cc1ccccc1)C(N)=O)N(C)C(=O)[C@H](Cc1c[nH]c2ccccc12)N(C)C(=O)OC(C)(C)C. The van der Waals surface area contributed by atoms with Crippen molar-refractivity contribution in [2.75, 3.05) is 33.0 Å². The number of fused-ring (bicyclic) bond motifs is 1. The topological polar surface area (TPSA) is 237 Å². The molecule has 17 nitrogen and oxygen atoms in total. The zero-order chi connectivity index (χ0) is 46.4. The van der Waals surface area contributed by atoms with Crippen molar-refractivity contribution in [2.45, 2.75) is 96.0 Å². The van der Waals surface area contributed by atoms with Crippen LogP contribution in [0.5, 0.6) is 0 Å². The van der Waals surface area contributed by atoms with Crippen LogP contribution in [0.25, 0.3) is 10.9 Å². The molecule has 63 heavy (non-hydrogen) atoms. The number of nitrogens with two attached hydrogens (primary N) is 1. The highest BCUT2D eigenvalue weighted by Gasteiger charge is 2.40. The summed E-state index contributed by atoms with van der Waals surface area (Å²) >= 11 is 0. The van der Waals surface area contributed by atoms with Crippen LogP contribution >= 0.6 is 0 Å². The number of carboxylic acids is 1. The minimum Gasteiger partial charge on any atom is -0.481 e. The van der Waals surface area contributed by atoms with E-state index >= 15 is 0 Å². The molecule has 0 fully saturated rings. The fraction of sp³-hybridized carbons (Fsp3) is 0.413. The van der Waals surface area contributed by atoms with E-state index in [-0.39, 0.29) is 32.2 Å². The number of carbonyl (C=O) groups is 7. The number of aromatic amines is 1. The second-order valence-electron chi connectivity index (χ2n) is 16.5. The molecule has 338 valence electrons. The highest BCUT2D eigenvalue weighted by molar-refractivity contribution is 5.97. The van der Waals surface area contributed by atoms with Gasteiger partial charge >= 0.3 is 18.1 Å². The molecule has 0 radical (unpaired) electrons. The van der Waals surface area contributed by atoms with E-state index in [1.807, 2.05) is 43.3 Å². The summed E-state index contributed by atoms with van der Waals surface area (Å²) in [5.41, 5.74) is 8.50. The molecule has 4 atom stereocenters. The van der Waals surface area contributed by atoms with Crippen LogP contribution in [0.3, 0.4) is 0 Å². The normalized spacial score (nSPS) is 13.1. The number of primary amides is 1. The summed E-state index contributed by atoms with van der Waals surface area (Å²) in [7, 11) is 4.10. The molecule has 0 saturated heterocycles. The van der Waals surface area contributed by atoms with Crippen LogP contribution in [0.1, 0.15) is 63.1 Å². The Morgan fingerprint density at radius 2 is 1.40 bits per heavy atom. The van der Waals surface area contributed by atoms with Crippen LogP contribution in [0.2, 0.25) is 0 Å². The maximum Gasteiger partial charge on any atom is 0.410 e. The van der Waals surface area contributed by atoms with E-state index in [2.05, 4.69) is 20.9 Å². The number of para-hydroxylation sites is 2. The van der Waals surface area contributed by atoms with Crippen LogP contribution in [0, 0.1) is 6.92 Å². The van der Waals surface area contributed by atoms with Gasteiger partial charge in [-0.05, 0) is 75.8 Å². The number of carbonyl (C=O) groups excluding carboxylic acids is 6. The second kappa shape index (κ2) is 22.3. The molecule has 3 aromatic carbocycles. The number of benzene rings is 3. The number of aliphatic carboxylic acids is 1. The van der Waals surface area contributed by atoms with Crippen LogP contribution in [-0.4, -0.2) is 124 Å². The first-order valence-electron chi connectivity index (χ1n) is 20.8. The molecular formula is C46H60N8O9. The van der Waals surface area contributed by atoms with Gasteiger partial charge in [-0.15, -0.1) is 0 Å². The number of hydrogen-bond acceptors (Lipinski definition) is 8. The Labute approximate surface area is 367 Å². The summed E-state index contributed by atoms with van der Waals surface area (Å²) in [6.45, 7) is 7.16. The predicted molar refractivity (Wildman–Crippen MR) is 238 cm³/mol. The van der Waals surface area contributed by atoms with Crippen LogP contribution < -0.4 is 21.7 Å². The average molecular weight is 869 g/mol. The van der Waals surface area contributed by atoms with Crippen LogP contribution in [0.4, 0.5) is 15.3 Å². The van der Waals surface area contributed by atoms with Crippen LogP contribution in [-0.2, 0) is 41.6 Å². The number of ether oxygens (including phenoxy) is 1. The molecule has 4 rings (SSSR count). The van der Waals surface area contributed by atoms with Crippen molar-refractivity contribution < 1.29 is 43.4 Å². The number of likely N-dealkylation sites (N-methyl/N-ethyl adjacent to an activating group) is 3. The van der Waals surface area contributed by atoms with Gasteiger partial charge < -0.3 is 46.3 Å². The summed E-state index contributed by atoms with van der Waals surface area (Å²) in [5.74, 6) is -4.61. The molecule has 0 bridgehead atoms. The van der Waals surface area contributed by atoms with Gasteiger partial charge in [0.05, 0.1) is 6.42 Å². The van der Waals surface area contributed by atoms with Crippen molar-refractivity contribution in [3.63, 3.8) is 0 Å². The molecule has 17 heteroatoms. The van der Waals surface area contributed by atoms with Crippen LogP contribution in [0.15, 0.2) is 85.1 Å². The Hall–Kier alpha value is -6.91. The zero-order valence-corrected chi connectivity index (χ0v) is 37.0. The zero-order valence-electron chi connectivity index (χ0n) is 37.0. The average Bonchev–Trinajstić information content (AvgIpc) is 3.64. The predicted octanol–water partition coefficient (Wildman–Crippen LogP) is 4.59. The Bertz CT molecular complexity index is 2240. The molecule has 7 amide bonds. The number of nitrogens with zero attached hydrogens (tertiary/aromatic N) is 3. The first kappa shape index (κ1) is 48.8. The Balaban J connectivity index is 1.64. The number of carboxylic acid groups (broad SMARTS) is 1. The molecule has 7 N–H and O–H groups in total. The standard InChI is InChI=1S/C46H60N8O9/c1-29-17-11-13-21-33(29)51-44(61)48-24-16-15-23-36(42(59)53(6)37(27-39(55)56)41(58)50-35(40(47)57)25-30-18-9-8-10-19-30)52(5)43(60)38(54(7)45(62)63-46(2,3)4)26-31-28-49-34-22-14-12-20-32(31)34/h8-14,17-22,28,35-38,49H,15-16,23-27H2,1-7H3,(H2,47,57)(H,50,58)(H,55,56)(H2,48,51,61)/t35-,36-,37-,38-/m0/s1. The number of H-pyrrole nitrogens is 1. The van der Waals surface area contributed by atoms with E-state index < -0.39 is 77.9 Å². The van der Waals surface area contributed by atoms with E-state index in [9.17, 15) is 38.7 Å². The first-order chi connectivity index (χ1) is 29.8. The molecule has 1 heterocycles. The number of nitrogens with one attached hydrogen (secondary N) is 4. The lowest BCUT2D eigenvalue weighted by Crippen LogP contribution is -2.59. The molecule has 0 spiro atoms. The molecule has 0 saturated carbocycles. The van der Waals surface area contributed by atoms with Crippen molar-refractivity contribution in [1.82, 2.24) is 30.3 Å². The first-order valence-corrected chi connectivity index (χ1v) is 20.8. The minimum absolute atomic E-state index is 0.0131. The third-order valence-electron chi connectivity index (χ3n) is 10.6. The summed E-state index contributed by atoms with van der Waals surface area (Å²) in [5, 5.41) is 18.9. The number of unbranched alkanes of at least 4 members (excludes halogenated alkanes) is 1. The highest BCUT2D eigenvalue weighted by Crippen LogP contribution is 2.24. The number of aromatic nitrogens is 1. The second-order valence-corrected chi connectivity index (χ2v) is 16.5. The Kier molecular flexibility index (Phi) is 17.2. The number of hydrogen-bond donors (Lipinski definition) is 6. The number of anilines is 1. The summed E-state index contributed by atoms with van der Waals surface area (Å²) < 4.78 is 5.66. The number of aryl methyl sites for hydroxylation is 1. The number of rotatable bonds is 20. The largest absolute Gasteiger partial charge is 0.481 e. The molecule has 1 aromatic heterocycles. The molecule has 0 aliphatic rings. The summed E-state index contributed by atoms with van der Waals surface area (Å²) in [4.78, 5) is 101. The summed E-state index contributed by atoms with van der Waals surface area (Å²) in [6.07, 6.45) is 0.852. The molecular weight excluding hydrogens is 809 g/mol. The van der Waals surface area contributed by atoms with E-state index in [0.717, 1.165) is 26.9 Å². The van der Waals surface area contributed by atoms with Crippen molar-refractivity contribution in [1.29, 1.82) is 0 Å². The highest BCUT2D eigenvalue weighted by atomic mass is 16.6. The Morgan fingerprint density at radius 1 is 0.778 bits per heavy atom. The lowest BCUT2D eigenvalue weighted by atomic mass is 10.00. The maximum absolute atomic E-state index is 14.8. The third kappa shape index (κ3) is 14.1. The van der Waals surface area contributed by atoms with Gasteiger partial charge in [-0.2, -0.15) is 0 Å². The van der Waals surface area contributed by atoms with Gasteiger partial charge in [-0.1, -0.05) is 66.7 Å². The fourth-order valence-electron chi connectivity index (χ4n) is 7.08. The molecule has 0 unspecified atom stereocenters. The number of urea groups is 1. The van der Waals surface area contributed by atoms with E-state index in [1.54, 1.807) is 69.4 Å². The van der Waals surface area contributed by atoms with E-state index in [4.69, 9.17) is 10.5 Å². The fourth-order valence-corrected chi connectivity index (χ4v) is 7.08. The van der Waals surface area contributed by atoms with Crippen molar-refractivity contribution >= 4 is 58.3 Å². The van der Waals surface area contributed by atoms with Crippen molar-refractivity contribution in [3.8, 4) is 0 Å². The summed E-state index contributed by atoms with van der Waals surface area (Å²) in [6, 6.07) is 17.7. The molecule has 4 aromatic rings. The van der Waals surface area contributed by atoms with Crippen molar-refractivity contribution in [2.24, 2.45) is 5.73 Å². The maximum atomic E-state index is 14.8. The van der Waals surface area contributed by atoms with Gasteiger partial charge in [-0.25, -0.2) is 9.59 Å². The lowest BCUT2D eigenvalue weighted by Gasteiger charge is -2.37. The smallest absolute Gasteiger partial charge is 0.410 e. The minimum atomic E-state index is -1.63. The molecule has 0 aliphatic carbocycles. The van der Waals surface area contributed by atoms with Gasteiger partial charge in [-0.3, -0.25) is 28.9 Å². The monoisotopic (exact) mass is 868 g/mol. The Morgan fingerprint density at radius 3 is 2.05 bits per heavy atom. The quantitative estimate of drug-likeness (QED) is 0.0681. The van der Waals surface area contributed by atoms with Gasteiger partial charge in [0.15, 0.2) is 0 Å². The molecule has 0 aliphatic heterocycles. The van der Waals surface area contributed by atoms with E-state index in [0.29, 0.717) is 17.7 Å². The number of amides is 7. The van der Waals surface area contributed by atoms with Gasteiger partial charge in [0.2, 0.25) is 23.6 Å². The van der Waals surface area contributed by atoms with Gasteiger partial charge in [0.1, 0.15) is 29.8 Å². The van der Waals surface area contributed by atoms with E-state index in [1.165, 1.54) is 30.9 Å². The van der Waals surface area contributed by atoms with Crippen molar-refractivity contribution in [3.05, 3.63) is 102 Å².